The van der Waals surface area contributed by atoms with Crippen LogP contribution in [0.4, 0.5) is 0 Å². The van der Waals surface area contributed by atoms with Crippen LogP contribution in [0.25, 0.3) is 77.2 Å². The first-order valence-electron chi connectivity index (χ1n) is 14.3. The van der Waals surface area contributed by atoms with E-state index >= 15 is 0 Å². The van der Waals surface area contributed by atoms with Crippen molar-refractivity contribution in [1.82, 2.24) is 14.0 Å². The first-order valence-corrected chi connectivity index (χ1v) is 14.3. The Morgan fingerprint density at radius 3 is 1.95 bits per heavy atom. The highest BCUT2D eigenvalue weighted by Crippen LogP contribution is 2.38. The van der Waals surface area contributed by atoms with E-state index in [-0.39, 0.29) is 0 Å². The molecule has 3 heteroatoms. The molecule has 0 atom stereocenters. The maximum Gasteiger partial charge on any atom is 0.220 e. The van der Waals surface area contributed by atoms with Crippen molar-refractivity contribution in [2.45, 2.75) is 0 Å². The van der Waals surface area contributed by atoms with Crippen LogP contribution in [0, 0.1) is 0 Å². The normalized spacial score (nSPS) is 11.8. The average molecular weight is 536 g/mol. The molecule has 3 aromatic heterocycles. The molecule has 9 aromatic rings. The van der Waals surface area contributed by atoms with Crippen LogP contribution in [0.3, 0.4) is 0 Å². The molecule has 0 saturated heterocycles. The lowest BCUT2D eigenvalue weighted by atomic mass is 9.99. The molecule has 3 nitrogen and oxygen atoms in total. The minimum Gasteiger partial charge on any atom is -0.285 e. The first-order chi connectivity index (χ1) is 20.8. The fourth-order valence-corrected chi connectivity index (χ4v) is 6.54. The molecule has 0 N–H and O–H groups in total. The highest BCUT2D eigenvalue weighted by atomic mass is 15.2. The Morgan fingerprint density at radius 1 is 0.429 bits per heavy atom. The minimum atomic E-state index is 0.890. The van der Waals surface area contributed by atoms with Crippen molar-refractivity contribution < 1.29 is 0 Å². The van der Waals surface area contributed by atoms with Gasteiger partial charge in [0.25, 0.3) is 0 Å². The number of rotatable bonds is 3. The lowest BCUT2D eigenvalue weighted by Crippen LogP contribution is -2.00. The molecule has 9 rings (SSSR count). The number of para-hydroxylation sites is 1. The molecule has 6 aromatic carbocycles. The summed E-state index contributed by atoms with van der Waals surface area (Å²) in [7, 11) is 0. The highest BCUT2D eigenvalue weighted by Gasteiger charge is 2.20. The Morgan fingerprint density at radius 2 is 1.07 bits per heavy atom. The zero-order valence-electron chi connectivity index (χ0n) is 22.8. The summed E-state index contributed by atoms with van der Waals surface area (Å²) in [5.41, 5.74) is 7.87. The number of pyridine rings is 1. The number of aromatic nitrogens is 3. The molecule has 0 amide bonds. The Bertz CT molecular complexity index is 2460. The van der Waals surface area contributed by atoms with Gasteiger partial charge in [0, 0.05) is 22.5 Å². The smallest absolute Gasteiger partial charge is 0.220 e. The molecule has 0 spiro atoms. The van der Waals surface area contributed by atoms with Crippen molar-refractivity contribution in [3.05, 3.63) is 152 Å². The minimum absolute atomic E-state index is 0.890. The number of nitrogens with zero attached hydrogens (tertiary/aromatic N) is 3. The van der Waals surface area contributed by atoms with Gasteiger partial charge in [-0.3, -0.25) is 8.97 Å². The molecule has 0 fully saturated rings. The van der Waals surface area contributed by atoms with Gasteiger partial charge >= 0.3 is 0 Å². The van der Waals surface area contributed by atoms with E-state index in [4.69, 9.17) is 4.98 Å². The molecule has 42 heavy (non-hydrogen) atoms. The first kappa shape index (κ1) is 23.1. The molecule has 0 radical (unpaired) electrons. The van der Waals surface area contributed by atoms with E-state index in [0.717, 1.165) is 33.8 Å². The maximum atomic E-state index is 5.35. The summed E-state index contributed by atoms with van der Waals surface area (Å²) in [6, 6.07) is 52.1. The molecule has 0 aliphatic carbocycles. The van der Waals surface area contributed by atoms with E-state index in [1.807, 2.05) is 0 Å². The monoisotopic (exact) mass is 535 g/mol. The van der Waals surface area contributed by atoms with Gasteiger partial charge in [-0.25, -0.2) is 4.98 Å². The molecule has 0 aliphatic heterocycles. The van der Waals surface area contributed by atoms with Crippen LogP contribution in [0.5, 0.6) is 0 Å². The van der Waals surface area contributed by atoms with E-state index in [2.05, 4.69) is 161 Å². The van der Waals surface area contributed by atoms with Crippen molar-refractivity contribution in [3.63, 3.8) is 0 Å². The van der Waals surface area contributed by atoms with E-state index in [1.54, 1.807) is 0 Å². The van der Waals surface area contributed by atoms with Crippen LogP contribution < -0.4 is 0 Å². The third-order valence-electron chi connectivity index (χ3n) is 8.53. The van der Waals surface area contributed by atoms with Crippen molar-refractivity contribution in [2.75, 3.05) is 0 Å². The number of fused-ring (bicyclic) bond motifs is 7. The van der Waals surface area contributed by atoms with Gasteiger partial charge in [-0.15, -0.1) is 0 Å². The second kappa shape index (κ2) is 8.92. The summed E-state index contributed by atoms with van der Waals surface area (Å²) in [6.45, 7) is 0. The molecule has 3 heterocycles. The van der Waals surface area contributed by atoms with E-state index in [0.29, 0.717) is 0 Å². The topological polar surface area (TPSA) is 22.2 Å². The van der Waals surface area contributed by atoms with Gasteiger partial charge in [-0.1, -0.05) is 115 Å². The van der Waals surface area contributed by atoms with Gasteiger partial charge in [0.2, 0.25) is 5.95 Å². The van der Waals surface area contributed by atoms with Gasteiger partial charge in [-0.05, 0) is 63.0 Å². The Labute approximate surface area is 242 Å². The second-order valence-corrected chi connectivity index (χ2v) is 10.9. The predicted molar refractivity (Wildman–Crippen MR) is 175 cm³/mol. The van der Waals surface area contributed by atoms with Crippen LogP contribution in [0.1, 0.15) is 0 Å². The van der Waals surface area contributed by atoms with Crippen molar-refractivity contribution in [2.24, 2.45) is 0 Å². The van der Waals surface area contributed by atoms with Gasteiger partial charge in [0.05, 0.1) is 22.2 Å². The zero-order chi connectivity index (χ0) is 27.6. The Kier molecular flexibility index (Phi) is 4.90. The fraction of sp³-hybridized carbons (Fsp3) is 0. The zero-order valence-corrected chi connectivity index (χ0v) is 22.8. The van der Waals surface area contributed by atoms with Crippen molar-refractivity contribution in [3.8, 4) is 28.3 Å². The molecule has 0 unspecified atom stereocenters. The maximum absolute atomic E-state index is 5.35. The largest absolute Gasteiger partial charge is 0.285 e. The SMILES string of the molecule is c1ccc2cc(-c3ccc(-c4nc(-n5c6ccccc6c6c7ccccc7ccc65)n5ccccc45)cc3)ccc2c1. The van der Waals surface area contributed by atoms with Crippen molar-refractivity contribution >= 4 is 48.9 Å². The Hall–Kier alpha value is -5.67. The van der Waals surface area contributed by atoms with E-state index in [1.165, 1.54) is 43.4 Å². The van der Waals surface area contributed by atoms with Crippen molar-refractivity contribution in [1.29, 1.82) is 0 Å². The standard InChI is InChI=1S/C39H25N3/c1-2-11-30-25-31(21-18-26(30)9-1)27-16-19-29(20-17-27)38-36-15-7-8-24-41(36)39(40-38)42-34-14-6-5-13-33(34)37-32-12-4-3-10-28(32)22-23-35(37)42/h1-25H. The van der Waals surface area contributed by atoms with Gasteiger partial charge in [-0.2, -0.15) is 0 Å². The number of hydrogen-bond acceptors (Lipinski definition) is 1. The van der Waals surface area contributed by atoms with Gasteiger partial charge in [0.15, 0.2) is 0 Å². The summed E-state index contributed by atoms with van der Waals surface area (Å²) in [6.07, 6.45) is 2.12. The molecule has 196 valence electrons. The lowest BCUT2D eigenvalue weighted by Gasteiger charge is -2.07. The summed E-state index contributed by atoms with van der Waals surface area (Å²) >= 11 is 0. The molecule has 0 aliphatic rings. The van der Waals surface area contributed by atoms with E-state index < -0.39 is 0 Å². The summed E-state index contributed by atoms with van der Waals surface area (Å²) in [5.74, 6) is 0.890. The van der Waals surface area contributed by atoms with Gasteiger partial charge < -0.3 is 0 Å². The van der Waals surface area contributed by atoms with Crippen LogP contribution in [0.2, 0.25) is 0 Å². The summed E-state index contributed by atoms with van der Waals surface area (Å²) in [5, 5.41) is 7.51. The van der Waals surface area contributed by atoms with Gasteiger partial charge in [0.1, 0.15) is 0 Å². The van der Waals surface area contributed by atoms with Crippen LogP contribution in [-0.4, -0.2) is 14.0 Å². The molecular weight excluding hydrogens is 510 g/mol. The highest BCUT2D eigenvalue weighted by molar-refractivity contribution is 6.21. The number of benzene rings is 6. The van der Waals surface area contributed by atoms with E-state index in [9.17, 15) is 0 Å². The molecule has 0 saturated carbocycles. The number of imidazole rings is 1. The quantitative estimate of drug-likeness (QED) is 0.221. The third kappa shape index (κ3) is 3.37. The average Bonchev–Trinajstić information content (AvgIpc) is 3.60. The summed E-state index contributed by atoms with van der Waals surface area (Å²) < 4.78 is 4.53. The van der Waals surface area contributed by atoms with Crippen LogP contribution in [0.15, 0.2) is 152 Å². The third-order valence-corrected chi connectivity index (χ3v) is 8.53. The number of hydrogen-bond donors (Lipinski definition) is 0. The molecule has 0 bridgehead atoms. The second-order valence-electron chi connectivity index (χ2n) is 10.9. The predicted octanol–water partition coefficient (Wildman–Crippen LogP) is 10.1. The van der Waals surface area contributed by atoms with Crippen LogP contribution >= 0.6 is 0 Å². The molecular formula is C39H25N3. The fourth-order valence-electron chi connectivity index (χ4n) is 6.54. The lowest BCUT2D eigenvalue weighted by molar-refractivity contribution is 0.984. The van der Waals surface area contributed by atoms with Crippen LogP contribution in [-0.2, 0) is 0 Å². The summed E-state index contributed by atoms with van der Waals surface area (Å²) in [4.78, 5) is 5.35. The Balaban J connectivity index is 1.24.